The highest BCUT2D eigenvalue weighted by Crippen LogP contribution is 2.29. The van der Waals surface area contributed by atoms with Crippen LogP contribution in [0.5, 0.6) is 0 Å². The number of carbonyl (C=O) groups excluding carboxylic acids is 1. The number of carbonyl (C=O) groups is 1. The molecule has 1 aromatic heterocycles. The summed E-state index contributed by atoms with van der Waals surface area (Å²) in [5.41, 5.74) is 2.37. The molecule has 0 bridgehead atoms. The first-order chi connectivity index (χ1) is 9.24. The van der Waals surface area contributed by atoms with Crippen LogP contribution in [0.3, 0.4) is 0 Å². The maximum absolute atomic E-state index is 12.4. The van der Waals surface area contributed by atoms with Gasteiger partial charge in [0.05, 0.1) is 0 Å². The molecule has 1 heterocycles. The SMILES string of the molecule is Cc1ccc(CN(C(=O)c2ncn[nH]2)C2CC2)cc1. The second-order valence-electron chi connectivity index (χ2n) is 4.98. The summed E-state index contributed by atoms with van der Waals surface area (Å²) >= 11 is 0. The van der Waals surface area contributed by atoms with E-state index in [2.05, 4.69) is 46.4 Å². The monoisotopic (exact) mass is 256 g/mol. The highest BCUT2D eigenvalue weighted by Gasteiger charge is 2.34. The van der Waals surface area contributed by atoms with E-state index >= 15 is 0 Å². The van der Waals surface area contributed by atoms with Crippen molar-refractivity contribution in [2.75, 3.05) is 0 Å². The molecule has 1 aromatic carbocycles. The van der Waals surface area contributed by atoms with Gasteiger partial charge in [-0.2, -0.15) is 5.10 Å². The second-order valence-corrected chi connectivity index (χ2v) is 4.98. The van der Waals surface area contributed by atoms with E-state index in [1.165, 1.54) is 11.9 Å². The van der Waals surface area contributed by atoms with Crippen molar-refractivity contribution in [1.82, 2.24) is 20.1 Å². The lowest BCUT2D eigenvalue weighted by Gasteiger charge is -2.21. The van der Waals surface area contributed by atoms with Crippen LogP contribution in [0.2, 0.25) is 0 Å². The molecule has 5 nitrogen and oxygen atoms in total. The standard InChI is InChI=1S/C14H16N4O/c1-10-2-4-11(5-3-10)8-18(12-6-7-12)14(19)13-15-9-16-17-13/h2-5,9,12H,6-8H2,1H3,(H,15,16,17). The summed E-state index contributed by atoms with van der Waals surface area (Å²) in [7, 11) is 0. The van der Waals surface area contributed by atoms with Crippen LogP contribution in [-0.2, 0) is 6.54 Å². The molecule has 5 heteroatoms. The highest BCUT2D eigenvalue weighted by molar-refractivity contribution is 5.90. The molecule has 2 aromatic rings. The fourth-order valence-electron chi connectivity index (χ4n) is 2.09. The van der Waals surface area contributed by atoms with E-state index in [1.807, 2.05) is 4.90 Å². The Morgan fingerprint density at radius 2 is 2.11 bits per heavy atom. The quantitative estimate of drug-likeness (QED) is 0.909. The van der Waals surface area contributed by atoms with Gasteiger partial charge in [0.15, 0.2) is 0 Å². The number of aromatic nitrogens is 3. The van der Waals surface area contributed by atoms with Gasteiger partial charge in [-0.05, 0) is 25.3 Å². The Balaban J connectivity index is 1.78. The van der Waals surface area contributed by atoms with Gasteiger partial charge in [0.2, 0.25) is 5.82 Å². The molecule has 1 amide bonds. The number of nitrogens with one attached hydrogen (secondary N) is 1. The number of aromatic amines is 1. The summed E-state index contributed by atoms with van der Waals surface area (Å²) in [6, 6.07) is 8.62. The molecule has 98 valence electrons. The van der Waals surface area contributed by atoms with Gasteiger partial charge in [0.25, 0.3) is 5.91 Å². The van der Waals surface area contributed by atoms with Gasteiger partial charge in [-0.1, -0.05) is 29.8 Å². The van der Waals surface area contributed by atoms with Gasteiger partial charge < -0.3 is 4.90 Å². The number of hydrogen-bond donors (Lipinski definition) is 1. The molecule has 1 fully saturated rings. The fraction of sp³-hybridized carbons (Fsp3) is 0.357. The minimum Gasteiger partial charge on any atom is -0.329 e. The molecule has 0 saturated heterocycles. The predicted molar refractivity (Wildman–Crippen MR) is 70.5 cm³/mol. The number of amides is 1. The largest absolute Gasteiger partial charge is 0.329 e. The summed E-state index contributed by atoms with van der Waals surface area (Å²) in [4.78, 5) is 18.2. The molecule has 0 radical (unpaired) electrons. The zero-order chi connectivity index (χ0) is 13.2. The number of benzene rings is 1. The van der Waals surface area contributed by atoms with Crippen molar-refractivity contribution in [2.45, 2.75) is 32.4 Å². The molecular weight excluding hydrogens is 240 g/mol. The Hall–Kier alpha value is -2.17. The van der Waals surface area contributed by atoms with Crippen LogP contribution in [0.4, 0.5) is 0 Å². The minimum absolute atomic E-state index is 0.0689. The Bertz CT molecular complexity index is 558. The van der Waals surface area contributed by atoms with E-state index in [1.54, 1.807) is 0 Å². The van der Waals surface area contributed by atoms with Crippen molar-refractivity contribution < 1.29 is 4.79 Å². The van der Waals surface area contributed by atoms with Gasteiger partial charge in [-0.25, -0.2) is 4.98 Å². The first kappa shape index (κ1) is 11.9. The molecule has 1 N–H and O–H groups in total. The molecule has 1 aliphatic carbocycles. The topological polar surface area (TPSA) is 61.9 Å². The molecule has 0 atom stereocenters. The van der Waals surface area contributed by atoms with Crippen molar-refractivity contribution in [3.63, 3.8) is 0 Å². The maximum Gasteiger partial charge on any atom is 0.291 e. The summed E-state index contributed by atoms with van der Waals surface area (Å²) in [6.07, 6.45) is 3.52. The van der Waals surface area contributed by atoms with Crippen LogP contribution < -0.4 is 0 Å². The van der Waals surface area contributed by atoms with Crippen LogP contribution in [-0.4, -0.2) is 32.0 Å². The minimum atomic E-state index is -0.0689. The average Bonchev–Trinajstić information content (AvgIpc) is 3.11. The smallest absolute Gasteiger partial charge is 0.291 e. The van der Waals surface area contributed by atoms with E-state index in [9.17, 15) is 4.79 Å². The maximum atomic E-state index is 12.4. The lowest BCUT2D eigenvalue weighted by molar-refractivity contribution is 0.0718. The Kier molecular flexibility index (Phi) is 3.03. The molecule has 3 rings (SSSR count). The van der Waals surface area contributed by atoms with E-state index < -0.39 is 0 Å². The third-order valence-corrected chi connectivity index (χ3v) is 3.34. The summed E-state index contributed by atoms with van der Waals surface area (Å²) < 4.78 is 0. The van der Waals surface area contributed by atoms with Crippen LogP contribution in [0.15, 0.2) is 30.6 Å². The van der Waals surface area contributed by atoms with Crippen LogP contribution in [0.1, 0.15) is 34.6 Å². The summed E-state index contributed by atoms with van der Waals surface area (Å²) in [6.45, 7) is 2.69. The third kappa shape index (κ3) is 2.65. The van der Waals surface area contributed by atoms with Crippen LogP contribution in [0, 0.1) is 6.92 Å². The molecule has 1 saturated carbocycles. The van der Waals surface area contributed by atoms with Crippen molar-refractivity contribution in [2.24, 2.45) is 0 Å². The van der Waals surface area contributed by atoms with Gasteiger partial charge in [0, 0.05) is 12.6 Å². The molecule has 0 unspecified atom stereocenters. The predicted octanol–water partition coefficient (Wildman–Crippen LogP) is 1.92. The normalized spacial score (nSPS) is 14.4. The second kappa shape index (κ2) is 4.84. The third-order valence-electron chi connectivity index (χ3n) is 3.34. The van der Waals surface area contributed by atoms with Crippen molar-refractivity contribution in [3.8, 4) is 0 Å². The van der Waals surface area contributed by atoms with E-state index in [0.717, 1.165) is 18.4 Å². The lowest BCUT2D eigenvalue weighted by atomic mass is 10.1. The van der Waals surface area contributed by atoms with E-state index in [0.29, 0.717) is 18.4 Å². The van der Waals surface area contributed by atoms with Crippen molar-refractivity contribution in [1.29, 1.82) is 0 Å². The zero-order valence-corrected chi connectivity index (χ0v) is 10.8. The molecule has 0 aliphatic heterocycles. The van der Waals surface area contributed by atoms with Crippen molar-refractivity contribution in [3.05, 3.63) is 47.5 Å². The molecule has 1 aliphatic rings. The van der Waals surface area contributed by atoms with E-state index in [-0.39, 0.29) is 5.91 Å². The Morgan fingerprint density at radius 3 is 2.68 bits per heavy atom. The number of aryl methyl sites for hydroxylation is 1. The van der Waals surface area contributed by atoms with E-state index in [4.69, 9.17) is 0 Å². The number of hydrogen-bond acceptors (Lipinski definition) is 3. The first-order valence-electron chi connectivity index (χ1n) is 6.46. The molecule has 0 spiro atoms. The van der Waals surface area contributed by atoms with Gasteiger partial charge in [0.1, 0.15) is 6.33 Å². The average molecular weight is 256 g/mol. The number of H-pyrrole nitrogens is 1. The number of nitrogens with zero attached hydrogens (tertiary/aromatic N) is 3. The first-order valence-corrected chi connectivity index (χ1v) is 6.46. The van der Waals surface area contributed by atoms with Gasteiger partial charge >= 0.3 is 0 Å². The highest BCUT2D eigenvalue weighted by atomic mass is 16.2. The Morgan fingerprint density at radius 1 is 1.37 bits per heavy atom. The van der Waals surface area contributed by atoms with Crippen LogP contribution in [0.25, 0.3) is 0 Å². The van der Waals surface area contributed by atoms with Gasteiger partial charge in [-0.15, -0.1) is 0 Å². The Labute approximate surface area is 111 Å². The van der Waals surface area contributed by atoms with Gasteiger partial charge in [-0.3, -0.25) is 9.89 Å². The lowest BCUT2D eigenvalue weighted by Crippen LogP contribution is -2.33. The number of rotatable bonds is 4. The van der Waals surface area contributed by atoms with Crippen molar-refractivity contribution >= 4 is 5.91 Å². The zero-order valence-electron chi connectivity index (χ0n) is 10.8. The molecule has 19 heavy (non-hydrogen) atoms. The van der Waals surface area contributed by atoms with Crippen LogP contribution >= 0.6 is 0 Å². The fourth-order valence-corrected chi connectivity index (χ4v) is 2.09. The molecular formula is C14H16N4O. The summed E-state index contributed by atoms with van der Waals surface area (Å²) in [5.74, 6) is 0.250. The summed E-state index contributed by atoms with van der Waals surface area (Å²) in [5, 5.41) is 6.38.